The van der Waals surface area contributed by atoms with Gasteiger partial charge in [0.25, 0.3) is 5.56 Å². The third kappa shape index (κ3) is 5.00. The van der Waals surface area contributed by atoms with E-state index in [1.165, 1.54) is 12.5 Å². The molecular formula is C24H26N4O2. The molecule has 4 rings (SSSR count). The van der Waals surface area contributed by atoms with Gasteiger partial charge in [-0.05, 0) is 30.5 Å². The number of aromatic nitrogens is 3. The van der Waals surface area contributed by atoms with Gasteiger partial charge in [0, 0.05) is 24.6 Å². The van der Waals surface area contributed by atoms with Crippen LogP contribution in [0.5, 0.6) is 0 Å². The van der Waals surface area contributed by atoms with E-state index in [0.717, 1.165) is 31.2 Å². The third-order valence-electron chi connectivity index (χ3n) is 5.61. The molecule has 1 fully saturated rings. The SMILES string of the molecule is O=C(N[C@@H](Cc1cc(=O)[nH]c(-c2ccccn2)n1)c1ccccc1)C1CCCCC1. The van der Waals surface area contributed by atoms with E-state index in [-0.39, 0.29) is 23.4 Å². The second kappa shape index (κ2) is 9.48. The number of hydrogen-bond donors (Lipinski definition) is 2. The molecule has 0 bridgehead atoms. The third-order valence-corrected chi connectivity index (χ3v) is 5.61. The lowest BCUT2D eigenvalue weighted by molar-refractivity contribution is -0.126. The zero-order valence-electron chi connectivity index (χ0n) is 16.9. The summed E-state index contributed by atoms with van der Waals surface area (Å²) in [4.78, 5) is 36.8. The average molecular weight is 402 g/mol. The van der Waals surface area contributed by atoms with E-state index in [4.69, 9.17) is 0 Å². The maximum absolute atomic E-state index is 12.9. The summed E-state index contributed by atoms with van der Waals surface area (Å²) >= 11 is 0. The van der Waals surface area contributed by atoms with Gasteiger partial charge < -0.3 is 10.3 Å². The minimum absolute atomic E-state index is 0.0705. The number of carbonyl (C=O) groups is 1. The van der Waals surface area contributed by atoms with Gasteiger partial charge in [0.1, 0.15) is 5.69 Å². The van der Waals surface area contributed by atoms with Gasteiger partial charge in [-0.1, -0.05) is 55.7 Å². The molecule has 6 nitrogen and oxygen atoms in total. The molecule has 0 radical (unpaired) electrons. The van der Waals surface area contributed by atoms with Crippen molar-refractivity contribution in [3.05, 3.63) is 82.4 Å². The molecule has 2 N–H and O–H groups in total. The Morgan fingerprint density at radius 1 is 1.07 bits per heavy atom. The van der Waals surface area contributed by atoms with E-state index in [1.807, 2.05) is 48.5 Å². The fraction of sp³-hybridized carbons (Fsp3) is 0.333. The molecule has 0 aliphatic heterocycles. The van der Waals surface area contributed by atoms with Gasteiger partial charge in [-0.3, -0.25) is 14.6 Å². The van der Waals surface area contributed by atoms with Crippen molar-refractivity contribution < 1.29 is 4.79 Å². The summed E-state index contributed by atoms with van der Waals surface area (Å²) in [7, 11) is 0. The monoisotopic (exact) mass is 402 g/mol. The Kier molecular flexibility index (Phi) is 6.32. The Balaban J connectivity index is 1.59. The molecule has 2 heterocycles. The first-order valence-electron chi connectivity index (χ1n) is 10.6. The van der Waals surface area contributed by atoms with Crippen LogP contribution in [0.15, 0.2) is 65.6 Å². The molecule has 0 unspecified atom stereocenters. The molecule has 1 atom stereocenters. The maximum atomic E-state index is 12.9. The first kappa shape index (κ1) is 20.0. The van der Waals surface area contributed by atoms with Crippen LogP contribution in [-0.2, 0) is 11.2 Å². The van der Waals surface area contributed by atoms with Crippen molar-refractivity contribution in [2.24, 2.45) is 5.92 Å². The zero-order valence-corrected chi connectivity index (χ0v) is 16.9. The van der Waals surface area contributed by atoms with E-state index in [0.29, 0.717) is 23.6 Å². The average Bonchev–Trinajstić information content (AvgIpc) is 2.80. The van der Waals surface area contributed by atoms with Gasteiger partial charge in [0.15, 0.2) is 5.82 Å². The first-order chi connectivity index (χ1) is 14.7. The number of hydrogen-bond acceptors (Lipinski definition) is 4. The number of aromatic amines is 1. The largest absolute Gasteiger partial charge is 0.349 e. The smallest absolute Gasteiger partial charge is 0.251 e. The second-order valence-corrected chi connectivity index (χ2v) is 7.81. The molecule has 1 aromatic carbocycles. The number of nitrogens with zero attached hydrogens (tertiary/aromatic N) is 2. The number of carbonyl (C=O) groups excluding carboxylic acids is 1. The molecule has 1 aliphatic carbocycles. The number of nitrogens with one attached hydrogen (secondary N) is 2. The van der Waals surface area contributed by atoms with Gasteiger partial charge in [-0.25, -0.2) is 4.98 Å². The van der Waals surface area contributed by atoms with Crippen LogP contribution in [0.1, 0.15) is 49.4 Å². The molecule has 154 valence electrons. The van der Waals surface area contributed by atoms with Gasteiger partial charge in [0.2, 0.25) is 5.91 Å². The first-order valence-corrected chi connectivity index (χ1v) is 10.6. The Labute approximate surface area is 175 Å². The summed E-state index contributed by atoms with van der Waals surface area (Å²) < 4.78 is 0. The zero-order chi connectivity index (χ0) is 20.8. The van der Waals surface area contributed by atoms with Crippen molar-refractivity contribution in [2.75, 3.05) is 0 Å². The molecule has 2 aromatic heterocycles. The lowest BCUT2D eigenvalue weighted by atomic mass is 9.88. The number of H-pyrrole nitrogens is 1. The lowest BCUT2D eigenvalue weighted by Crippen LogP contribution is -2.36. The Morgan fingerprint density at radius 2 is 1.83 bits per heavy atom. The highest BCUT2D eigenvalue weighted by atomic mass is 16.2. The van der Waals surface area contributed by atoms with Crippen LogP contribution in [0.2, 0.25) is 0 Å². The predicted octanol–water partition coefficient (Wildman–Crippen LogP) is 3.81. The van der Waals surface area contributed by atoms with E-state index in [9.17, 15) is 9.59 Å². The van der Waals surface area contributed by atoms with Gasteiger partial charge in [-0.15, -0.1) is 0 Å². The topological polar surface area (TPSA) is 87.7 Å². The Bertz CT molecular complexity index is 1030. The van der Waals surface area contributed by atoms with Crippen LogP contribution in [-0.4, -0.2) is 20.9 Å². The van der Waals surface area contributed by atoms with E-state index < -0.39 is 0 Å². The van der Waals surface area contributed by atoms with E-state index >= 15 is 0 Å². The highest BCUT2D eigenvalue weighted by Gasteiger charge is 2.24. The van der Waals surface area contributed by atoms with E-state index in [1.54, 1.807) is 6.20 Å². The van der Waals surface area contributed by atoms with Gasteiger partial charge >= 0.3 is 0 Å². The molecule has 6 heteroatoms. The van der Waals surface area contributed by atoms with Crippen LogP contribution in [0, 0.1) is 5.92 Å². The molecule has 0 spiro atoms. The molecule has 1 saturated carbocycles. The fourth-order valence-corrected chi connectivity index (χ4v) is 4.04. The summed E-state index contributed by atoms with van der Waals surface area (Å²) in [6.45, 7) is 0. The Hall–Kier alpha value is -3.28. The number of benzene rings is 1. The standard InChI is InChI=1S/C24H26N4O2/c29-22-16-19(26-23(28-22)20-13-7-8-14-25-20)15-21(17-9-3-1-4-10-17)27-24(30)18-11-5-2-6-12-18/h1,3-4,7-10,13-14,16,18,21H,2,5-6,11-12,15H2,(H,27,30)(H,26,28,29)/t21-/m0/s1. The van der Waals surface area contributed by atoms with Crippen LogP contribution < -0.4 is 10.9 Å². The van der Waals surface area contributed by atoms with Gasteiger partial charge in [-0.2, -0.15) is 0 Å². The quantitative estimate of drug-likeness (QED) is 0.656. The fourth-order valence-electron chi connectivity index (χ4n) is 4.04. The molecule has 3 aromatic rings. The summed E-state index contributed by atoms with van der Waals surface area (Å²) in [6, 6.07) is 16.6. The molecular weight excluding hydrogens is 376 g/mol. The highest BCUT2D eigenvalue weighted by Crippen LogP contribution is 2.26. The second-order valence-electron chi connectivity index (χ2n) is 7.81. The van der Waals surface area contributed by atoms with Crippen LogP contribution in [0.25, 0.3) is 11.5 Å². The lowest BCUT2D eigenvalue weighted by Gasteiger charge is -2.25. The normalized spacial score (nSPS) is 15.5. The highest BCUT2D eigenvalue weighted by molar-refractivity contribution is 5.79. The summed E-state index contributed by atoms with van der Waals surface area (Å²) in [5.41, 5.74) is 2.00. The van der Waals surface area contributed by atoms with Crippen molar-refractivity contribution in [1.29, 1.82) is 0 Å². The summed E-state index contributed by atoms with van der Waals surface area (Å²) in [5, 5.41) is 3.22. The number of amides is 1. The number of pyridine rings is 1. The molecule has 1 aliphatic rings. The van der Waals surface area contributed by atoms with Crippen LogP contribution in [0.4, 0.5) is 0 Å². The van der Waals surface area contributed by atoms with Crippen molar-refractivity contribution in [3.63, 3.8) is 0 Å². The summed E-state index contributed by atoms with van der Waals surface area (Å²) in [6.07, 6.45) is 7.42. The van der Waals surface area contributed by atoms with Crippen LogP contribution in [0.3, 0.4) is 0 Å². The van der Waals surface area contributed by atoms with Crippen molar-refractivity contribution in [2.45, 2.75) is 44.6 Å². The molecule has 30 heavy (non-hydrogen) atoms. The summed E-state index contributed by atoms with van der Waals surface area (Å²) in [5.74, 6) is 0.600. The maximum Gasteiger partial charge on any atom is 0.251 e. The minimum atomic E-state index is -0.244. The van der Waals surface area contributed by atoms with Crippen molar-refractivity contribution in [1.82, 2.24) is 20.3 Å². The van der Waals surface area contributed by atoms with Gasteiger partial charge in [0.05, 0.1) is 11.7 Å². The minimum Gasteiger partial charge on any atom is -0.349 e. The molecule has 0 saturated heterocycles. The predicted molar refractivity (Wildman–Crippen MR) is 116 cm³/mol. The van der Waals surface area contributed by atoms with Crippen molar-refractivity contribution >= 4 is 5.91 Å². The molecule has 1 amide bonds. The van der Waals surface area contributed by atoms with E-state index in [2.05, 4.69) is 20.3 Å². The number of rotatable bonds is 6. The van der Waals surface area contributed by atoms with Crippen LogP contribution >= 0.6 is 0 Å². The van der Waals surface area contributed by atoms with Crippen molar-refractivity contribution in [3.8, 4) is 11.5 Å². The Morgan fingerprint density at radius 3 is 2.57 bits per heavy atom.